The van der Waals surface area contributed by atoms with Crippen LogP contribution in [0.3, 0.4) is 0 Å². The van der Waals surface area contributed by atoms with Crippen molar-refractivity contribution in [3.63, 3.8) is 0 Å². The minimum absolute atomic E-state index is 0.198. The average molecular weight is 332 g/mol. The van der Waals surface area contributed by atoms with Gasteiger partial charge in [-0.2, -0.15) is 0 Å². The maximum Gasteiger partial charge on any atom is 0.335 e. The van der Waals surface area contributed by atoms with Crippen LogP contribution < -0.4 is 0 Å². The number of aromatic carboxylic acids is 1. The molecule has 0 saturated heterocycles. The molecule has 0 spiro atoms. The fourth-order valence-corrected chi connectivity index (χ4v) is 2.21. The van der Waals surface area contributed by atoms with Crippen molar-refractivity contribution in [2.75, 3.05) is 0 Å². The molecule has 100 valence electrons. The number of carboxylic acids is 1. The molecular formula is C15H10BrNO3. The molecule has 3 rings (SSSR count). The zero-order valence-electron chi connectivity index (χ0n) is 10.6. The highest BCUT2D eigenvalue weighted by Gasteiger charge is 2.11. The molecule has 0 aliphatic rings. The molecule has 4 nitrogen and oxygen atoms in total. The van der Waals surface area contributed by atoms with Gasteiger partial charge in [0.2, 0.25) is 5.89 Å². The fourth-order valence-electron chi connectivity index (χ4n) is 1.96. The normalized spacial score (nSPS) is 10.9. The summed E-state index contributed by atoms with van der Waals surface area (Å²) in [7, 11) is 0. The van der Waals surface area contributed by atoms with E-state index in [2.05, 4.69) is 20.9 Å². The first-order valence-electron chi connectivity index (χ1n) is 5.95. The molecule has 20 heavy (non-hydrogen) atoms. The third-order valence-corrected chi connectivity index (χ3v) is 3.93. The monoisotopic (exact) mass is 331 g/mol. The van der Waals surface area contributed by atoms with Gasteiger partial charge in [-0.05, 0) is 48.9 Å². The Morgan fingerprint density at radius 1 is 1.25 bits per heavy atom. The summed E-state index contributed by atoms with van der Waals surface area (Å²) in [5.41, 5.74) is 3.25. The number of carboxylic acid groups (broad SMARTS) is 1. The summed E-state index contributed by atoms with van der Waals surface area (Å²) < 4.78 is 6.68. The Hall–Kier alpha value is -2.14. The van der Waals surface area contributed by atoms with Crippen molar-refractivity contribution in [3.8, 4) is 11.5 Å². The van der Waals surface area contributed by atoms with Crippen molar-refractivity contribution in [1.82, 2.24) is 4.98 Å². The number of halogens is 1. The molecule has 0 atom stereocenters. The van der Waals surface area contributed by atoms with Crippen LogP contribution in [0.5, 0.6) is 0 Å². The van der Waals surface area contributed by atoms with Gasteiger partial charge in [-0.25, -0.2) is 9.78 Å². The maximum absolute atomic E-state index is 10.9. The molecule has 0 fully saturated rings. The second kappa shape index (κ2) is 4.76. The smallest absolute Gasteiger partial charge is 0.335 e. The second-order valence-corrected chi connectivity index (χ2v) is 5.32. The van der Waals surface area contributed by atoms with Gasteiger partial charge in [0, 0.05) is 10.0 Å². The van der Waals surface area contributed by atoms with Crippen molar-refractivity contribution in [2.24, 2.45) is 0 Å². The fraction of sp³-hybridized carbons (Fsp3) is 0.0667. The summed E-state index contributed by atoms with van der Waals surface area (Å²) in [6.07, 6.45) is 0. The number of aromatic nitrogens is 1. The number of aryl methyl sites for hydroxylation is 1. The molecular weight excluding hydrogens is 322 g/mol. The Bertz CT molecular complexity index is 823. The van der Waals surface area contributed by atoms with Crippen molar-refractivity contribution < 1.29 is 14.3 Å². The Kier molecular flexibility index (Phi) is 3.06. The van der Waals surface area contributed by atoms with E-state index in [0.717, 1.165) is 15.6 Å². The summed E-state index contributed by atoms with van der Waals surface area (Å²) in [5, 5.41) is 8.97. The SMILES string of the molecule is Cc1cc(-c2nc3cc(C(=O)O)ccc3o2)ccc1Br. The van der Waals surface area contributed by atoms with Gasteiger partial charge in [-0.3, -0.25) is 0 Å². The number of rotatable bonds is 2. The van der Waals surface area contributed by atoms with E-state index in [-0.39, 0.29) is 5.56 Å². The highest BCUT2D eigenvalue weighted by Crippen LogP contribution is 2.27. The number of oxazole rings is 1. The summed E-state index contributed by atoms with van der Waals surface area (Å²) in [6, 6.07) is 10.4. The Morgan fingerprint density at radius 3 is 2.75 bits per heavy atom. The molecule has 2 aromatic carbocycles. The first kappa shape index (κ1) is 12.9. The van der Waals surface area contributed by atoms with E-state index in [1.807, 2.05) is 25.1 Å². The predicted molar refractivity (Wildman–Crippen MR) is 78.8 cm³/mol. The van der Waals surface area contributed by atoms with E-state index in [4.69, 9.17) is 9.52 Å². The van der Waals surface area contributed by atoms with Gasteiger partial charge in [-0.15, -0.1) is 0 Å². The lowest BCUT2D eigenvalue weighted by molar-refractivity contribution is 0.0697. The number of hydrogen-bond donors (Lipinski definition) is 1. The highest BCUT2D eigenvalue weighted by atomic mass is 79.9. The highest BCUT2D eigenvalue weighted by molar-refractivity contribution is 9.10. The number of carbonyl (C=O) groups is 1. The largest absolute Gasteiger partial charge is 0.478 e. The van der Waals surface area contributed by atoms with Crippen LogP contribution in [0.4, 0.5) is 0 Å². The third-order valence-electron chi connectivity index (χ3n) is 3.04. The van der Waals surface area contributed by atoms with Gasteiger partial charge in [0.15, 0.2) is 5.58 Å². The van der Waals surface area contributed by atoms with Gasteiger partial charge >= 0.3 is 5.97 Å². The van der Waals surface area contributed by atoms with Crippen LogP contribution in [0.2, 0.25) is 0 Å². The zero-order valence-corrected chi connectivity index (χ0v) is 12.1. The Morgan fingerprint density at radius 2 is 2.05 bits per heavy atom. The first-order valence-corrected chi connectivity index (χ1v) is 6.74. The van der Waals surface area contributed by atoms with Crippen LogP contribution in [0.1, 0.15) is 15.9 Å². The molecule has 0 bridgehead atoms. The molecule has 1 heterocycles. The lowest BCUT2D eigenvalue weighted by atomic mass is 10.1. The lowest BCUT2D eigenvalue weighted by Gasteiger charge is -1.99. The molecule has 0 saturated carbocycles. The van der Waals surface area contributed by atoms with Crippen LogP contribution in [0.15, 0.2) is 45.3 Å². The molecule has 1 aromatic heterocycles. The van der Waals surface area contributed by atoms with Crippen LogP contribution in [0, 0.1) is 6.92 Å². The van der Waals surface area contributed by atoms with Crippen LogP contribution >= 0.6 is 15.9 Å². The van der Waals surface area contributed by atoms with Gasteiger partial charge in [0.25, 0.3) is 0 Å². The quantitative estimate of drug-likeness (QED) is 0.761. The van der Waals surface area contributed by atoms with Crippen molar-refractivity contribution in [3.05, 3.63) is 52.0 Å². The number of hydrogen-bond acceptors (Lipinski definition) is 3. The summed E-state index contributed by atoms with van der Waals surface area (Å²) in [6.45, 7) is 1.98. The van der Waals surface area contributed by atoms with Crippen molar-refractivity contribution in [1.29, 1.82) is 0 Å². The minimum atomic E-state index is -0.976. The van der Waals surface area contributed by atoms with E-state index in [9.17, 15) is 4.79 Å². The summed E-state index contributed by atoms with van der Waals surface area (Å²) in [5.74, 6) is -0.492. The molecule has 0 unspecified atom stereocenters. The number of benzene rings is 2. The zero-order chi connectivity index (χ0) is 14.3. The maximum atomic E-state index is 10.9. The van der Waals surface area contributed by atoms with Gasteiger partial charge in [0.05, 0.1) is 5.56 Å². The topological polar surface area (TPSA) is 63.3 Å². The molecule has 5 heteroatoms. The van der Waals surface area contributed by atoms with E-state index >= 15 is 0 Å². The first-order chi connectivity index (χ1) is 9.54. The standard InChI is InChI=1S/C15H10BrNO3/c1-8-6-9(2-4-11(8)16)14-17-12-7-10(15(18)19)3-5-13(12)20-14/h2-7H,1H3,(H,18,19). The predicted octanol–water partition coefficient (Wildman–Crippen LogP) is 4.26. The van der Waals surface area contributed by atoms with E-state index in [0.29, 0.717) is 17.0 Å². The Balaban J connectivity index is 2.12. The van der Waals surface area contributed by atoms with Gasteiger partial charge in [0.1, 0.15) is 5.52 Å². The number of nitrogens with zero attached hydrogens (tertiary/aromatic N) is 1. The van der Waals surface area contributed by atoms with Gasteiger partial charge in [-0.1, -0.05) is 15.9 Å². The van der Waals surface area contributed by atoms with Crippen LogP contribution in [-0.4, -0.2) is 16.1 Å². The van der Waals surface area contributed by atoms with Crippen molar-refractivity contribution >= 4 is 33.0 Å². The average Bonchev–Trinajstić information content (AvgIpc) is 2.84. The molecule has 0 amide bonds. The molecule has 0 radical (unpaired) electrons. The number of fused-ring (bicyclic) bond motifs is 1. The molecule has 3 aromatic rings. The third kappa shape index (κ3) is 2.20. The van der Waals surface area contributed by atoms with E-state index in [1.54, 1.807) is 6.07 Å². The summed E-state index contributed by atoms with van der Waals surface area (Å²) in [4.78, 5) is 15.3. The van der Waals surface area contributed by atoms with E-state index < -0.39 is 5.97 Å². The molecule has 1 N–H and O–H groups in total. The minimum Gasteiger partial charge on any atom is -0.478 e. The van der Waals surface area contributed by atoms with Gasteiger partial charge < -0.3 is 9.52 Å². The molecule has 0 aliphatic carbocycles. The van der Waals surface area contributed by atoms with Crippen molar-refractivity contribution in [2.45, 2.75) is 6.92 Å². The van der Waals surface area contributed by atoms with Crippen LogP contribution in [-0.2, 0) is 0 Å². The molecule has 0 aliphatic heterocycles. The summed E-state index contributed by atoms with van der Waals surface area (Å²) >= 11 is 3.45. The van der Waals surface area contributed by atoms with Crippen LogP contribution in [0.25, 0.3) is 22.6 Å². The lowest BCUT2D eigenvalue weighted by Crippen LogP contribution is -1.94. The van der Waals surface area contributed by atoms with E-state index in [1.165, 1.54) is 12.1 Å². The second-order valence-electron chi connectivity index (χ2n) is 4.47. The Labute approximate surface area is 123 Å².